The lowest BCUT2D eigenvalue weighted by Crippen LogP contribution is -2.61. The van der Waals surface area contributed by atoms with Gasteiger partial charge in [-0.2, -0.15) is 11.8 Å². The molecule has 1 saturated heterocycles. The van der Waals surface area contributed by atoms with Gasteiger partial charge in [-0.05, 0) is 30.8 Å². The maximum atomic E-state index is 12.5. The largest absolute Gasteiger partial charge is 0.480 e. The molecule has 1 aliphatic heterocycles. The number of carbonyl (C=O) groups is 8. The van der Waals surface area contributed by atoms with Crippen molar-refractivity contribution < 1.29 is 72.3 Å². The van der Waals surface area contributed by atoms with Crippen LogP contribution in [0.15, 0.2) is 0 Å². The van der Waals surface area contributed by atoms with E-state index in [2.05, 4.69) is 10.6 Å². The van der Waals surface area contributed by atoms with Crippen molar-refractivity contribution in [3.05, 3.63) is 0 Å². The van der Waals surface area contributed by atoms with Crippen LogP contribution in [0.3, 0.4) is 0 Å². The third-order valence-corrected chi connectivity index (χ3v) is 8.64. The van der Waals surface area contributed by atoms with E-state index in [4.69, 9.17) is 39.6 Å². The first-order chi connectivity index (χ1) is 22.5. The number of carboxylic acids is 2. The van der Waals surface area contributed by atoms with E-state index in [0.717, 1.165) is 20.8 Å². The van der Waals surface area contributed by atoms with Gasteiger partial charge in [0.2, 0.25) is 11.8 Å². The lowest BCUT2D eigenvalue weighted by Gasteiger charge is -2.44. The van der Waals surface area contributed by atoms with Crippen LogP contribution in [0.25, 0.3) is 0 Å². The van der Waals surface area contributed by atoms with Crippen molar-refractivity contribution in [2.45, 2.75) is 95.3 Å². The number of nitrogens with one attached hydrogen (secondary N) is 2. The number of ether oxygens (including phenoxy) is 5. The number of thioether (sulfide) groups is 2. The molecule has 2 amide bonds. The van der Waals surface area contributed by atoms with Gasteiger partial charge < -0.3 is 50.3 Å². The van der Waals surface area contributed by atoms with Gasteiger partial charge in [-0.15, -0.1) is 11.8 Å². The second-order valence-corrected chi connectivity index (χ2v) is 12.8. The maximum Gasteiger partial charge on any atom is 0.322 e. The Labute approximate surface area is 285 Å². The van der Waals surface area contributed by atoms with E-state index in [-0.39, 0.29) is 25.2 Å². The van der Waals surface area contributed by atoms with Crippen LogP contribution in [0.5, 0.6) is 0 Å². The zero-order valence-corrected chi connectivity index (χ0v) is 28.6. The summed E-state index contributed by atoms with van der Waals surface area (Å²) in [5.74, 6) is -5.65. The van der Waals surface area contributed by atoms with Crippen LogP contribution in [-0.2, 0) is 62.0 Å². The Morgan fingerprint density at radius 1 is 0.833 bits per heavy atom. The third kappa shape index (κ3) is 17.0. The molecular formula is C28H43N3O15S2. The number of hydrogen-bond acceptors (Lipinski definition) is 16. The number of hydrogen-bond donors (Lipinski definition) is 5. The van der Waals surface area contributed by atoms with Crippen LogP contribution in [0.2, 0.25) is 0 Å². The molecule has 1 aliphatic rings. The van der Waals surface area contributed by atoms with E-state index in [1.54, 1.807) is 0 Å². The van der Waals surface area contributed by atoms with E-state index >= 15 is 0 Å². The molecule has 0 aromatic rings. The van der Waals surface area contributed by atoms with Crippen molar-refractivity contribution in [3.8, 4) is 0 Å². The normalized spacial score (nSPS) is 21.5. The number of carboxylic acid groups (broad SMARTS) is 2. The van der Waals surface area contributed by atoms with Crippen LogP contribution in [-0.4, -0.2) is 130 Å². The van der Waals surface area contributed by atoms with E-state index < -0.39 is 96.1 Å². The Hall–Kier alpha value is -3.62. The fourth-order valence-electron chi connectivity index (χ4n) is 4.18. The quantitative estimate of drug-likeness (QED) is 0.0550. The predicted octanol–water partition coefficient (Wildman–Crippen LogP) is -0.806. The molecule has 0 aromatic heterocycles. The molecule has 6 N–H and O–H groups in total. The summed E-state index contributed by atoms with van der Waals surface area (Å²) < 4.78 is 27.3. The lowest BCUT2D eigenvalue weighted by atomic mass is 9.99. The first-order valence-corrected chi connectivity index (χ1v) is 17.0. The molecule has 272 valence electrons. The summed E-state index contributed by atoms with van der Waals surface area (Å²) in [6, 6.07) is -2.34. The van der Waals surface area contributed by atoms with Gasteiger partial charge in [0.15, 0.2) is 18.3 Å². The second-order valence-electron chi connectivity index (χ2n) is 10.4. The van der Waals surface area contributed by atoms with E-state index in [1.165, 1.54) is 30.4 Å². The topological polar surface area (TPSA) is 273 Å². The van der Waals surface area contributed by atoms with E-state index in [9.17, 15) is 38.4 Å². The van der Waals surface area contributed by atoms with Crippen LogP contribution < -0.4 is 16.4 Å². The summed E-state index contributed by atoms with van der Waals surface area (Å²) in [7, 11) is 0. The van der Waals surface area contributed by atoms with Crippen LogP contribution >= 0.6 is 23.5 Å². The predicted molar refractivity (Wildman–Crippen MR) is 168 cm³/mol. The number of carbonyl (C=O) groups excluding carboxylic acids is 6. The van der Waals surface area contributed by atoms with Gasteiger partial charge in [0.25, 0.3) is 0 Å². The van der Waals surface area contributed by atoms with Crippen molar-refractivity contribution >= 4 is 71.2 Å². The number of amides is 2. The van der Waals surface area contributed by atoms with Crippen molar-refractivity contribution in [2.75, 3.05) is 30.4 Å². The highest BCUT2D eigenvalue weighted by atomic mass is 32.2. The average Bonchev–Trinajstić information content (AvgIpc) is 2.98. The van der Waals surface area contributed by atoms with Gasteiger partial charge in [-0.3, -0.25) is 38.4 Å². The monoisotopic (exact) mass is 725 g/mol. The first-order valence-electron chi connectivity index (χ1n) is 14.8. The number of nitrogens with two attached hydrogens (primary N) is 1. The van der Waals surface area contributed by atoms with Crippen LogP contribution in [0, 0.1) is 0 Å². The van der Waals surface area contributed by atoms with Gasteiger partial charge in [-0.25, -0.2) is 0 Å². The molecule has 1 heterocycles. The van der Waals surface area contributed by atoms with Gasteiger partial charge in [0.05, 0.1) is 0 Å². The Kier molecular flexibility index (Phi) is 19.5. The molecule has 18 nitrogen and oxygen atoms in total. The summed E-state index contributed by atoms with van der Waals surface area (Å²) in [4.78, 5) is 93.9. The van der Waals surface area contributed by atoms with Crippen molar-refractivity contribution in [1.82, 2.24) is 10.6 Å². The van der Waals surface area contributed by atoms with E-state index in [1.807, 2.05) is 0 Å². The number of esters is 4. The Bertz CT molecular complexity index is 1160. The molecule has 0 spiro atoms. The summed E-state index contributed by atoms with van der Waals surface area (Å²) in [5.41, 5.74) is 4.50. The van der Waals surface area contributed by atoms with Crippen LogP contribution in [0.1, 0.15) is 53.4 Å². The molecule has 7 atom stereocenters. The minimum atomic E-state index is -1.28. The van der Waals surface area contributed by atoms with Crippen molar-refractivity contribution in [1.29, 1.82) is 0 Å². The minimum absolute atomic E-state index is 0.0923. The van der Waals surface area contributed by atoms with Gasteiger partial charge in [0, 0.05) is 39.9 Å². The number of rotatable bonds is 21. The number of unbranched alkanes of at least 4 members (excludes halogenated alkanes) is 1. The minimum Gasteiger partial charge on any atom is -0.480 e. The summed E-state index contributed by atoms with van der Waals surface area (Å²) >= 11 is 2.53. The number of aliphatic carboxylic acids is 2. The third-order valence-electron chi connectivity index (χ3n) is 6.26. The standard InChI is InChI=1S/C28H43N3O15S2/c1-14(32)42-12-20-23(43-15(2)33)24(44-16(3)34)25(45-17(4)35)28(46-20)48-10-6-5-9-47-13-19(26(39)30-11-22(37)38)31-21(36)8-7-18(29)27(40)41/h18-20,23-25,28H,5-13,29H2,1-4H3,(H,30,39)(H,31,36)(H,37,38)(H,40,41)/t18-,19-,20+,23+,24-,25+,28-/m0/s1. The molecule has 0 aliphatic carbocycles. The van der Waals surface area contributed by atoms with E-state index in [0.29, 0.717) is 24.3 Å². The van der Waals surface area contributed by atoms with Crippen molar-refractivity contribution in [2.24, 2.45) is 5.73 Å². The Balaban J connectivity index is 2.84. The molecule has 0 radical (unpaired) electrons. The molecule has 0 saturated carbocycles. The highest BCUT2D eigenvalue weighted by molar-refractivity contribution is 8.00. The molecular weight excluding hydrogens is 682 g/mol. The molecule has 1 fully saturated rings. The van der Waals surface area contributed by atoms with Gasteiger partial charge >= 0.3 is 35.8 Å². The van der Waals surface area contributed by atoms with Gasteiger partial charge in [0.1, 0.15) is 36.8 Å². The molecule has 1 rings (SSSR count). The fraction of sp³-hybridized carbons (Fsp3) is 0.714. The highest BCUT2D eigenvalue weighted by Gasteiger charge is 2.52. The maximum absolute atomic E-state index is 12.5. The first kappa shape index (κ1) is 42.4. The smallest absolute Gasteiger partial charge is 0.322 e. The summed E-state index contributed by atoms with van der Waals surface area (Å²) in [5, 5.41) is 22.4. The fourth-order valence-corrected chi connectivity index (χ4v) is 6.44. The zero-order chi connectivity index (χ0) is 36.4. The zero-order valence-electron chi connectivity index (χ0n) is 27.0. The van der Waals surface area contributed by atoms with Crippen LogP contribution in [0.4, 0.5) is 0 Å². The molecule has 20 heteroatoms. The van der Waals surface area contributed by atoms with Crippen molar-refractivity contribution in [3.63, 3.8) is 0 Å². The molecule has 0 bridgehead atoms. The summed E-state index contributed by atoms with van der Waals surface area (Å²) in [6.45, 7) is 3.59. The highest BCUT2D eigenvalue weighted by Crippen LogP contribution is 2.34. The Morgan fingerprint density at radius 2 is 1.42 bits per heavy atom. The second kappa shape index (κ2) is 22.1. The molecule has 48 heavy (non-hydrogen) atoms. The summed E-state index contributed by atoms with van der Waals surface area (Å²) in [6.07, 6.45) is -3.97. The molecule has 0 aromatic carbocycles. The molecule has 0 unspecified atom stereocenters. The van der Waals surface area contributed by atoms with Gasteiger partial charge in [-0.1, -0.05) is 0 Å². The Morgan fingerprint density at radius 3 is 1.98 bits per heavy atom. The lowest BCUT2D eigenvalue weighted by molar-refractivity contribution is -0.237. The SMILES string of the molecule is CC(=O)OC[C@H]1O[C@@H](SCCCCSC[C@H](NC(=O)CC[C@H](N)C(=O)O)C(=O)NCC(=O)O)[C@H](OC(C)=O)[C@@H](OC(C)=O)[C@@H]1OC(C)=O. The average molecular weight is 726 g/mol.